The summed E-state index contributed by atoms with van der Waals surface area (Å²) in [4.78, 5) is 3.73. The molecule has 0 aliphatic rings. The molecule has 0 spiro atoms. The summed E-state index contributed by atoms with van der Waals surface area (Å²) in [6, 6.07) is 0. The van der Waals surface area contributed by atoms with Crippen LogP contribution >= 0.6 is 0 Å². The molecule has 0 aliphatic heterocycles. The number of rotatable bonds is 3. The molecule has 0 saturated heterocycles. The molecule has 0 amide bonds. The maximum Gasteiger partial charge on any atom is 0.234 e. The lowest BCUT2D eigenvalue weighted by Crippen LogP contribution is -2.14. The molecule has 1 aromatic rings. The Morgan fingerprint density at radius 3 is 2.83 bits per heavy atom. The Hall–Kier alpha value is -1.11. The van der Waals surface area contributed by atoms with Crippen LogP contribution in [0, 0.1) is 0 Å². The van der Waals surface area contributed by atoms with E-state index in [4.69, 9.17) is 0 Å². The summed E-state index contributed by atoms with van der Waals surface area (Å²) in [7, 11) is -3.25. The summed E-state index contributed by atoms with van der Waals surface area (Å²) in [6.07, 6.45) is 2.37. The van der Waals surface area contributed by atoms with Crippen molar-refractivity contribution < 1.29 is 8.42 Å². The summed E-state index contributed by atoms with van der Waals surface area (Å²) in [5.74, 6) is 0.250. The Labute approximate surface area is 70.7 Å². The van der Waals surface area contributed by atoms with E-state index in [2.05, 4.69) is 14.8 Å². The smallest absolute Gasteiger partial charge is 0.234 e. The molecule has 1 heterocycles. The van der Waals surface area contributed by atoms with Gasteiger partial charge in [0, 0.05) is 6.54 Å². The molecule has 68 valence electrons. The lowest BCUT2D eigenvalue weighted by molar-refractivity contribution is 0.604. The Bertz CT molecular complexity index is 355. The van der Waals surface area contributed by atoms with E-state index in [1.165, 1.54) is 11.0 Å². The zero-order valence-electron chi connectivity index (χ0n) is 6.85. The highest BCUT2D eigenvalue weighted by Gasteiger charge is 2.06. The fourth-order valence-electron chi connectivity index (χ4n) is 0.740. The third-order valence-corrected chi connectivity index (χ3v) is 1.75. The molecule has 0 atom stereocenters. The van der Waals surface area contributed by atoms with Crippen molar-refractivity contribution in [1.82, 2.24) is 14.8 Å². The average Bonchev–Trinajstić information content (AvgIpc) is 2.31. The summed E-state index contributed by atoms with van der Waals surface area (Å²) in [6.45, 7) is 2.43. The Morgan fingerprint density at radius 1 is 1.67 bits per heavy atom. The lowest BCUT2D eigenvalue weighted by Gasteiger charge is -2.02. The highest BCUT2D eigenvalue weighted by Crippen LogP contribution is 2.01. The number of sulfonamides is 1. The quantitative estimate of drug-likeness (QED) is 0.708. The zero-order chi connectivity index (χ0) is 9.19. The SMILES string of the molecule is CCn1ncnc1NS(C)(=O)=O. The van der Waals surface area contributed by atoms with E-state index in [0.717, 1.165) is 6.26 Å². The van der Waals surface area contributed by atoms with Crippen LogP contribution in [0.15, 0.2) is 6.33 Å². The maximum atomic E-state index is 10.8. The van der Waals surface area contributed by atoms with Gasteiger partial charge in [-0.2, -0.15) is 10.1 Å². The predicted molar refractivity (Wildman–Crippen MR) is 44.2 cm³/mol. The lowest BCUT2D eigenvalue weighted by atomic mass is 10.8. The fourth-order valence-corrected chi connectivity index (χ4v) is 1.23. The molecule has 0 aromatic carbocycles. The van der Waals surface area contributed by atoms with Crippen LogP contribution in [0.4, 0.5) is 5.95 Å². The molecular formula is C5H10N4O2S. The first-order valence-corrected chi connectivity index (χ1v) is 5.27. The van der Waals surface area contributed by atoms with Crippen molar-refractivity contribution in [3.8, 4) is 0 Å². The Kier molecular flexibility index (Phi) is 2.32. The molecule has 12 heavy (non-hydrogen) atoms. The molecule has 0 bridgehead atoms. The Balaban J connectivity index is 2.89. The minimum absolute atomic E-state index is 0.250. The van der Waals surface area contributed by atoms with Gasteiger partial charge < -0.3 is 0 Å². The molecular weight excluding hydrogens is 180 g/mol. The molecule has 0 fully saturated rings. The van der Waals surface area contributed by atoms with E-state index in [0.29, 0.717) is 6.54 Å². The van der Waals surface area contributed by atoms with E-state index < -0.39 is 10.0 Å². The largest absolute Gasteiger partial charge is 0.252 e. The number of anilines is 1. The first-order chi connectivity index (χ1) is 5.53. The van der Waals surface area contributed by atoms with Gasteiger partial charge in [-0.05, 0) is 6.92 Å². The van der Waals surface area contributed by atoms with Gasteiger partial charge in [-0.25, -0.2) is 13.1 Å². The highest BCUT2D eigenvalue weighted by molar-refractivity contribution is 7.91. The fraction of sp³-hybridized carbons (Fsp3) is 0.600. The zero-order valence-corrected chi connectivity index (χ0v) is 7.67. The number of nitrogens with zero attached hydrogens (tertiary/aromatic N) is 3. The molecule has 7 heteroatoms. The van der Waals surface area contributed by atoms with Gasteiger partial charge in [-0.1, -0.05) is 0 Å². The second-order valence-corrected chi connectivity index (χ2v) is 4.02. The number of hydrogen-bond acceptors (Lipinski definition) is 4. The van der Waals surface area contributed by atoms with E-state index in [1.54, 1.807) is 0 Å². The normalized spacial score (nSPS) is 11.5. The van der Waals surface area contributed by atoms with Crippen LogP contribution < -0.4 is 4.72 Å². The summed E-state index contributed by atoms with van der Waals surface area (Å²) in [5.41, 5.74) is 0. The van der Waals surface area contributed by atoms with Gasteiger partial charge in [0.1, 0.15) is 6.33 Å². The average molecular weight is 190 g/mol. The maximum absolute atomic E-state index is 10.8. The minimum atomic E-state index is -3.25. The van der Waals surface area contributed by atoms with E-state index >= 15 is 0 Å². The second-order valence-electron chi connectivity index (χ2n) is 2.27. The van der Waals surface area contributed by atoms with Crippen LogP contribution in [0.1, 0.15) is 6.92 Å². The molecule has 1 rings (SSSR count). The van der Waals surface area contributed by atoms with Crippen molar-refractivity contribution >= 4 is 16.0 Å². The molecule has 0 saturated carbocycles. The molecule has 0 aliphatic carbocycles. The van der Waals surface area contributed by atoms with Gasteiger partial charge in [0.25, 0.3) is 0 Å². The van der Waals surface area contributed by atoms with Crippen molar-refractivity contribution in [3.63, 3.8) is 0 Å². The van der Waals surface area contributed by atoms with Gasteiger partial charge in [0.15, 0.2) is 0 Å². The third kappa shape index (κ3) is 2.19. The summed E-state index contributed by atoms with van der Waals surface area (Å²) >= 11 is 0. The summed E-state index contributed by atoms with van der Waals surface area (Å²) in [5, 5.41) is 3.80. The highest BCUT2D eigenvalue weighted by atomic mass is 32.2. The number of hydrogen-bond donors (Lipinski definition) is 1. The first-order valence-electron chi connectivity index (χ1n) is 3.38. The van der Waals surface area contributed by atoms with Crippen molar-refractivity contribution in [3.05, 3.63) is 6.33 Å². The van der Waals surface area contributed by atoms with E-state index in [1.807, 2.05) is 6.92 Å². The van der Waals surface area contributed by atoms with Crippen LogP contribution in [0.25, 0.3) is 0 Å². The van der Waals surface area contributed by atoms with Gasteiger partial charge in [0.2, 0.25) is 16.0 Å². The van der Waals surface area contributed by atoms with Crippen LogP contribution in [0.5, 0.6) is 0 Å². The molecule has 0 radical (unpaired) electrons. The predicted octanol–water partition coefficient (Wildman–Crippen LogP) is -0.331. The van der Waals surface area contributed by atoms with E-state index in [9.17, 15) is 8.42 Å². The van der Waals surface area contributed by atoms with Crippen LogP contribution in [-0.4, -0.2) is 29.4 Å². The summed E-state index contributed by atoms with van der Waals surface area (Å²) < 4.78 is 25.3. The van der Waals surface area contributed by atoms with E-state index in [-0.39, 0.29) is 5.95 Å². The van der Waals surface area contributed by atoms with Crippen molar-refractivity contribution in [2.45, 2.75) is 13.5 Å². The van der Waals surface area contributed by atoms with Crippen molar-refractivity contribution in [2.24, 2.45) is 0 Å². The molecule has 6 nitrogen and oxygen atoms in total. The molecule has 1 aromatic heterocycles. The first kappa shape index (κ1) is 8.98. The Morgan fingerprint density at radius 2 is 2.33 bits per heavy atom. The second kappa shape index (κ2) is 3.10. The minimum Gasteiger partial charge on any atom is -0.252 e. The number of nitrogens with one attached hydrogen (secondary N) is 1. The molecule has 1 N–H and O–H groups in total. The monoisotopic (exact) mass is 190 g/mol. The molecule has 0 unspecified atom stereocenters. The van der Waals surface area contributed by atoms with Gasteiger partial charge in [0.05, 0.1) is 6.26 Å². The number of aryl methyl sites for hydroxylation is 1. The third-order valence-electron chi connectivity index (χ3n) is 1.19. The van der Waals surface area contributed by atoms with Gasteiger partial charge in [-0.3, -0.25) is 4.72 Å². The van der Waals surface area contributed by atoms with Gasteiger partial charge >= 0.3 is 0 Å². The van der Waals surface area contributed by atoms with Crippen LogP contribution in [0.2, 0.25) is 0 Å². The van der Waals surface area contributed by atoms with Gasteiger partial charge in [-0.15, -0.1) is 0 Å². The van der Waals surface area contributed by atoms with Crippen LogP contribution in [0.3, 0.4) is 0 Å². The standard InChI is InChI=1S/C5H10N4O2S/c1-3-9-5(6-4-7-9)8-12(2,10)11/h4H,3H2,1-2H3,(H,6,7,8). The number of aromatic nitrogens is 3. The van der Waals surface area contributed by atoms with Crippen molar-refractivity contribution in [2.75, 3.05) is 11.0 Å². The van der Waals surface area contributed by atoms with Crippen molar-refractivity contribution in [1.29, 1.82) is 0 Å². The topological polar surface area (TPSA) is 76.9 Å². The van der Waals surface area contributed by atoms with Crippen LogP contribution in [-0.2, 0) is 16.6 Å².